The van der Waals surface area contributed by atoms with Crippen molar-refractivity contribution in [3.63, 3.8) is 0 Å². The molecule has 2 N–H and O–H groups in total. The third-order valence-electron chi connectivity index (χ3n) is 7.33. The topological polar surface area (TPSA) is 48.6 Å². The van der Waals surface area contributed by atoms with Gasteiger partial charge in [0.25, 0.3) is 0 Å². The predicted molar refractivity (Wildman–Crippen MR) is 149 cm³/mol. The van der Waals surface area contributed by atoms with Crippen LogP contribution >= 0.6 is 0 Å². The lowest BCUT2D eigenvalue weighted by molar-refractivity contribution is 0.221. The zero-order valence-electron chi connectivity index (χ0n) is 20.9. The van der Waals surface area contributed by atoms with Gasteiger partial charge in [-0.25, -0.2) is 0 Å². The van der Waals surface area contributed by atoms with Gasteiger partial charge in [0.05, 0.1) is 0 Å². The second kappa shape index (κ2) is 11.6. The van der Waals surface area contributed by atoms with Gasteiger partial charge in [0.15, 0.2) is 0 Å². The number of rotatable bonds is 9. The van der Waals surface area contributed by atoms with E-state index in [9.17, 15) is 10.2 Å². The van der Waals surface area contributed by atoms with E-state index in [1.165, 1.54) is 48.8 Å². The molecule has 1 aliphatic rings. The van der Waals surface area contributed by atoms with Crippen LogP contribution in [0.15, 0.2) is 85.1 Å². The van der Waals surface area contributed by atoms with Crippen LogP contribution in [0.5, 0.6) is 5.75 Å². The number of piperidine rings is 1. The van der Waals surface area contributed by atoms with Gasteiger partial charge < -0.3 is 19.7 Å². The van der Waals surface area contributed by atoms with Crippen molar-refractivity contribution in [1.29, 1.82) is 0 Å². The summed E-state index contributed by atoms with van der Waals surface area (Å²) < 4.78 is 2.38. The number of allylic oxidation sites excluding steroid dienone is 1. The Balaban J connectivity index is 1.55. The Labute approximate surface area is 214 Å². The van der Waals surface area contributed by atoms with Crippen molar-refractivity contribution < 1.29 is 10.2 Å². The van der Waals surface area contributed by atoms with E-state index >= 15 is 0 Å². The first kappa shape index (κ1) is 24.4. The van der Waals surface area contributed by atoms with Crippen LogP contribution in [0, 0.1) is 0 Å². The smallest absolute Gasteiger partial charge is 0.115 e. The summed E-state index contributed by atoms with van der Waals surface area (Å²) in [4.78, 5) is 2.59. The van der Waals surface area contributed by atoms with Crippen LogP contribution in [-0.2, 0) is 6.54 Å². The van der Waals surface area contributed by atoms with E-state index < -0.39 is 0 Å². The Morgan fingerprint density at radius 2 is 1.50 bits per heavy atom. The summed E-state index contributed by atoms with van der Waals surface area (Å²) in [5, 5.41) is 20.8. The Hall–Kier alpha value is -3.34. The van der Waals surface area contributed by atoms with Gasteiger partial charge >= 0.3 is 0 Å². The maximum Gasteiger partial charge on any atom is 0.115 e. The van der Waals surface area contributed by atoms with E-state index in [-0.39, 0.29) is 12.4 Å². The van der Waals surface area contributed by atoms with Crippen molar-refractivity contribution in [2.45, 2.75) is 38.6 Å². The average Bonchev–Trinajstić information content (AvgIpc) is 3.34. The summed E-state index contributed by atoms with van der Waals surface area (Å²) in [6, 6.07) is 26.9. The molecule has 0 aliphatic carbocycles. The van der Waals surface area contributed by atoms with Gasteiger partial charge in [-0.2, -0.15) is 0 Å². The number of phenolic OH excluding ortho intramolecular Hbond substituents is 1. The van der Waals surface area contributed by atoms with Crippen LogP contribution in [-0.4, -0.2) is 45.9 Å². The maximum atomic E-state index is 9.94. The summed E-state index contributed by atoms with van der Waals surface area (Å²) in [6.07, 6.45) is 7.69. The van der Waals surface area contributed by atoms with Gasteiger partial charge in [-0.3, -0.25) is 0 Å². The molecule has 0 spiro atoms. The van der Waals surface area contributed by atoms with Crippen molar-refractivity contribution in [3.8, 4) is 5.75 Å². The second-order valence-corrected chi connectivity index (χ2v) is 9.78. The molecule has 4 heteroatoms. The van der Waals surface area contributed by atoms with Crippen molar-refractivity contribution >= 4 is 22.0 Å². The number of aromatic nitrogens is 1. The number of aliphatic hydroxyl groups is 1. The lowest BCUT2D eigenvalue weighted by atomic mass is 9.87. The molecule has 4 nitrogen and oxygen atoms in total. The zero-order valence-corrected chi connectivity index (χ0v) is 20.9. The molecule has 1 aliphatic heterocycles. The van der Waals surface area contributed by atoms with E-state index in [2.05, 4.69) is 64.2 Å². The Bertz CT molecular complexity index is 1300. The number of phenols is 1. The number of likely N-dealkylation sites (tertiary alicyclic amines) is 1. The molecule has 0 amide bonds. The van der Waals surface area contributed by atoms with Gasteiger partial charge in [-0.15, -0.1) is 0 Å². The highest BCUT2D eigenvalue weighted by molar-refractivity contribution is 6.00. The molecule has 2 heterocycles. The van der Waals surface area contributed by atoms with E-state index in [4.69, 9.17) is 0 Å². The molecule has 0 atom stereocenters. The first-order chi connectivity index (χ1) is 17.7. The van der Waals surface area contributed by atoms with E-state index in [1.807, 2.05) is 18.2 Å². The highest BCUT2D eigenvalue weighted by atomic mass is 16.3. The minimum absolute atomic E-state index is 0.151. The third kappa shape index (κ3) is 5.56. The highest BCUT2D eigenvalue weighted by Gasteiger charge is 2.16. The molecule has 36 heavy (non-hydrogen) atoms. The molecule has 0 saturated carbocycles. The van der Waals surface area contributed by atoms with Crippen molar-refractivity contribution in [2.75, 3.05) is 26.2 Å². The van der Waals surface area contributed by atoms with Crippen LogP contribution in [0.25, 0.3) is 22.0 Å². The fourth-order valence-corrected chi connectivity index (χ4v) is 5.43. The minimum atomic E-state index is 0.151. The first-order valence-corrected chi connectivity index (χ1v) is 13.2. The third-order valence-corrected chi connectivity index (χ3v) is 7.33. The molecule has 1 saturated heterocycles. The lowest BCUT2D eigenvalue weighted by Gasteiger charge is -2.26. The number of aliphatic hydroxyl groups excluding tert-OH is 1. The minimum Gasteiger partial charge on any atom is -0.508 e. The van der Waals surface area contributed by atoms with Crippen molar-refractivity contribution in [1.82, 2.24) is 9.47 Å². The quantitative estimate of drug-likeness (QED) is 0.267. The standard InChI is InChI=1S/C32H36N2O2/c35-23-7-10-30(25-8-3-1-4-9-25)32(26-11-14-29(36)15-12-26)28-13-16-31-27(24-28)17-20-34(31)22-21-33-18-5-2-6-19-33/h1,3-4,8-9,11-17,20,24,35-36H,2,5-7,10,18-19,21-23H2. The number of nitrogens with zero attached hydrogens (tertiary/aromatic N) is 2. The first-order valence-electron chi connectivity index (χ1n) is 13.2. The van der Waals surface area contributed by atoms with Gasteiger partial charge in [0, 0.05) is 36.8 Å². The number of fused-ring (bicyclic) bond motifs is 1. The van der Waals surface area contributed by atoms with Gasteiger partial charge in [-0.05, 0) is 96.9 Å². The Kier molecular flexibility index (Phi) is 7.85. The maximum absolute atomic E-state index is 9.94. The fourth-order valence-electron chi connectivity index (χ4n) is 5.43. The molecule has 3 aromatic carbocycles. The van der Waals surface area contributed by atoms with Crippen LogP contribution in [0.2, 0.25) is 0 Å². The van der Waals surface area contributed by atoms with Crippen LogP contribution < -0.4 is 0 Å². The Morgan fingerprint density at radius 3 is 2.25 bits per heavy atom. The molecular formula is C32H36N2O2. The number of aromatic hydroxyl groups is 1. The van der Waals surface area contributed by atoms with E-state index in [1.54, 1.807) is 12.1 Å². The summed E-state index contributed by atoms with van der Waals surface area (Å²) in [5.74, 6) is 0.260. The summed E-state index contributed by atoms with van der Waals surface area (Å²) >= 11 is 0. The van der Waals surface area contributed by atoms with Gasteiger partial charge in [0.1, 0.15) is 5.75 Å². The van der Waals surface area contributed by atoms with E-state index in [0.29, 0.717) is 6.42 Å². The summed E-state index contributed by atoms with van der Waals surface area (Å²) in [7, 11) is 0. The number of benzene rings is 3. The summed E-state index contributed by atoms with van der Waals surface area (Å²) in [6.45, 7) is 4.71. The molecule has 5 rings (SSSR count). The van der Waals surface area contributed by atoms with Gasteiger partial charge in [-0.1, -0.05) is 55.0 Å². The molecular weight excluding hydrogens is 444 g/mol. The molecule has 1 aromatic heterocycles. The van der Waals surface area contributed by atoms with Crippen molar-refractivity contribution in [2.24, 2.45) is 0 Å². The van der Waals surface area contributed by atoms with Crippen LogP contribution in [0.4, 0.5) is 0 Å². The monoisotopic (exact) mass is 480 g/mol. The largest absolute Gasteiger partial charge is 0.508 e. The van der Waals surface area contributed by atoms with Crippen LogP contribution in [0.1, 0.15) is 48.8 Å². The molecule has 0 radical (unpaired) electrons. The second-order valence-electron chi connectivity index (χ2n) is 9.78. The lowest BCUT2D eigenvalue weighted by Crippen LogP contribution is -2.32. The zero-order chi connectivity index (χ0) is 24.7. The van der Waals surface area contributed by atoms with Crippen LogP contribution in [0.3, 0.4) is 0 Å². The molecule has 4 aromatic rings. The highest BCUT2D eigenvalue weighted by Crippen LogP contribution is 2.37. The molecule has 0 bridgehead atoms. The average molecular weight is 481 g/mol. The predicted octanol–water partition coefficient (Wildman–Crippen LogP) is 6.56. The summed E-state index contributed by atoms with van der Waals surface area (Å²) in [5.41, 5.74) is 7.00. The number of hydrogen-bond donors (Lipinski definition) is 2. The van der Waals surface area contributed by atoms with E-state index in [0.717, 1.165) is 41.8 Å². The SMILES string of the molecule is OCCCC(=C(c1ccc(O)cc1)c1ccc2c(ccn2CCN2CCCCC2)c1)c1ccccc1. The number of hydrogen-bond acceptors (Lipinski definition) is 3. The normalized spacial score (nSPS) is 15.2. The molecule has 0 unspecified atom stereocenters. The molecule has 186 valence electrons. The molecule has 1 fully saturated rings. The van der Waals surface area contributed by atoms with Gasteiger partial charge in [0.2, 0.25) is 0 Å². The Morgan fingerprint density at radius 1 is 0.750 bits per heavy atom. The fraction of sp³-hybridized carbons (Fsp3) is 0.312. The van der Waals surface area contributed by atoms with Crippen molar-refractivity contribution in [3.05, 3.63) is 102 Å².